The maximum Gasteiger partial charge on any atom is 0.314 e. The molecule has 0 aliphatic heterocycles. The first kappa shape index (κ1) is 12.6. The normalized spacial score (nSPS) is 13.1. The fourth-order valence-corrected chi connectivity index (χ4v) is 2.26. The zero-order valence-corrected chi connectivity index (χ0v) is 9.90. The third kappa shape index (κ3) is 3.62. The van der Waals surface area contributed by atoms with Crippen molar-refractivity contribution in [3.8, 4) is 0 Å². The standard InChI is InChI=1S/C10H13NO4S/c1-15-10(12)9(7-16(2,13)14)8-4-3-5-11-6-8/h3-6,9H,7H2,1-2H3. The molecular weight excluding hydrogens is 230 g/mol. The van der Waals surface area contributed by atoms with Crippen LogP contribution in [0.2, 0.25) is 0 Å². The summed E-state index contributed by atoms with van der Waals surface area (Å²) in [7, 11) is -2.03. The van der Waals surface area contributed by atoms with Crippen molar-refractivity contribution in [2.24, 2.45) is 0 Å². The largest absolute Gasteiger partial charge is 0.469 e. The van der Waals surface area contributed by atoms with E-state index in [4.69, 9.17) is 0 Å². The molecule has 1 aromatic rings. The van der Waals surface area contributed by atoms with E-state index < -0.39 is 21.7 Å². The molecular formula is C10H13NO4S. The van der Waals surface area contributed by atoms with Crippen molar-refractivity contribution in [3.05, 3.63) is 30.1 Å². The third-order valence-electron chi connectivity index (χ3n) is 2.04. The lowest BCUT2D eigenvalue weighted by Crippen LogP contribution is -2.22. The Labute approximate surface area is 94.4 Å². The summed E-state index contributed by atoms with van der Waals surface area (Å²) in [5.74, 6) is -1.65. The second-order valence-corrected chi connectivity index (χ2v) is 5.64. The molecule has 0 aliphatic rings. The van der Waals surface area contributed by atoms with Crippen molar-refractivity contribution in [2.45, 2.75) is 5.92 Å². The van der Waals surface area contributed by atoms with Gasteiger partial charge in [-0.15, -0.1) is 0 Å². The third-order valence-corrected chi connectivity index (χ3v) is 2.98. The molecule has 0 bridgehead atoms. The van der Waals surface area contributed by atoms with Crippen molar-refractivity contribution in [1.82, 2.24) is 4.98 Å². The lowest BCUT2D eigenvalue weighted by atomic mass is 10.0. The Morgan fingerprint density at radius 3 is 2.69 bits per heavy atom. The molecule has 1 heterocycles. The van der Waals surface area contributed by atoms with Gasteiger partial charge in [0.25, 0.3) is 0 Å². The highest BCUT2D eigenvalue weighted by molar-refractivity contribution is 7.90. The molecule has 1 atom stereocenters. The summed E-state index contributed by atoms with van der Waals surface area (Å²) in [6, 6.07) is 3.30. The highest BCUT2D eigenvalue weighted by atomic mass is 32.2. The van der Waals surface area contributed by atoms with Gasteiger partial charge in [-0.25, -0.2) is 8.42 Å². The minimum absolute atomic E-state index is 0.272. The lowest BCUT2D eigenvalue weighted by Gasteiger charge is -2.13. The van der Waals surface area contributed by atoms with Gasteiger partial charge in [0, 0.05) is 18.6 Å². The second-order valence-electron chi connectivity index (χ2n) is 3.45. The maximum atomic E-state index is 11.5. The average molecular weight is 243 g/mol. The van der Waals surface area contributed by atoms with Gasteiger partial charge in [0.1, 0.15) is 9.84 Å². The molecule has 0 amide bonds. The van der Waals surface area contributed by atoms with Crippen molar-refractivity contribution in [2.75, 3.05) is 19.1 Å². The molecule has 0 saturated carbocycles. The quantitative estimate of drug-likeness (QED) is 0.715. The number of hydrogen-bond acceptors (Lipinski definition) is 5. The minimum Gasteiger partial charge on any atom is -0.469 e. The molecule has 5 nitrogen and oxygen atoms in total. The van der Waals surface area contributed by atoms with E-state index in [0.717, 1.165) is 6.26 Å². The highest BCUT2D eigenvalue weighted by Crippen LogP contribution is 2.18. The summed E-state index contributed by atoms with van der Waals surface area (Å²) in [6.45, 7) is 0. The number of nitrogens with zero attached hydrogens (tertiary/aromatic N) is 1. The Morgan fingerprint density at radius 2 is 2.25 bits per heavy atom. The lowest BCUT2D eigenvalue weighted by molar-refractivity contribution is -0.141. The summed E-state index contributed by atoms with van der Waals surface area (Å²) in [5, 5.41) is 0. The van der Waals surface area contributed by atoms with Crippen LogP contribution in [-0.4, -0.2) is 38.5 Å². The van der Waals surface area contributed by atoms with Crippen LogP contribution in [0, 0.1) is 0 Å². The van der Waals surface area contributed by atoms with Crippen molar-refractivity contribution >= 4 is 15.8 Å². The summed E-state index contributed by atoms with van der Waals surface area (Å²) >= 11 is 0. The summed E-state index contributed by atoms with van der Waals surface area (Å²) in [5.41, 5.74) is 0.541. The van der Waals surface area contributed by atoms with Crippen LogP contribution < -0.4 is 0 Å². The van der Waals surface area contributed by atoms with Gasteiger partial charge >= 0.3 is 5.97 Å². The molecule has 1 unspecified atom stereocenters. The summed E-state index contributed by atoms with van der Waals surface area (Å²) in [6.07, 6.45) is 4.10. The monoisotopic (exact) mass is 243 g/mol. The van der Waals surface area contributed by atoms with Gasteiger partial charge in [0.05, 0.1) is 18.8 Å². The zero-order chi connectivity index (χ0) is 12.2. The van der Waals surface area contributed by atoms with Gasteiger partial charge in [-0.2, -0.15) is 0 Å². The molecule has 16 heavy (non-hydrogen) atoms. The SMILES string of the molecule is COC(=O)C(CS(C)(=O)=O)c1cccnc1. The van der Waals surface area contributed by atoms with E-state index in [9.17, 15) is 13.2 Å². The van der Waals surface area contributed by atoms with E-state index in [1.165, 1.54) is 13.3 Å². The fraction of sp³-hybridized carbons (Fsp3) is 0.400. The second kappa shape index (κ2) is 5.07. The minimum atomic E-state index is -3.26. The maximum absolute atomic E-state index is 11.5. The average Bonchev–Trinajstić information content (AvgIpc) is 2.25. The molecule has 1 rings (SSSR count). The van der Waals surface area contributed by atoms with Gasteiger partial charge in [-0.3, -0.25) is 9.78 Å². The van der Waals surface area contributed by atoms with Crippen LogP contribution in [0.1, 0.15) is 11.5 Å². The van der Waals surface area contributed by atoms with Gasteiger partial charge in [-0.05, 0) is 11.6 Å². The van der Waals surface area contributed by atoms with Crippen molar-refractivity contribution in [3.63, 3.8) is 0 Å². The molecule has 6 heteroatoms. The first-order chi connectivity index (χ1) is 7.44. The molecule has 0 aromatic carbocycles. The molecule has 0 aliphatic carbocycles. The Bertz CT molecular complexity index is 455. The predicted octanol–water partition coefficient (Wildman–Crippen LogP) is 0.383. The summed E-state index contributed by atoms with van der Waals surface area (Å²) in [4.78, 5) is 15.3. The number of methoxy groups -OCH3 is 1. The topological polar surface area (TPSA) is 73.3 Å². The molecule has 0 N–H and O–H groups in total. The van der Waals surface area contributed by atoms with E-state index in [1.807, 2.05) is 0 Å². The zero-order valence-electron chi connectivity index (χ0n) is 9.08. The van der Waals surface area contributed by atoms with Gasteiger partial charge in [-0.1, -0.05) is 6.07 Å². The number of esters is 1. The van der Waals surface area contributed by atoms with E-state index in [0.29, 0.717) is 5.56 Å². The number of carbonyl (C=O) groups excluding carboxylic acids is 1. The van der Waals surface area contributed by atoms with E-state index >= 15 is 0 Å². The van der Waals surface area contributed by atoms with Crippen LogP contribution in [0.15, 0.2) is 24.5 Å². The summed E-state index contributed by atoms with van der Waals surface area (Å²) < 4.78 is 27.0. The highest BCUT2D eigenvalue weighted by Gasteiger charge is 2.25. The van der Waals surface area contributed by atoms with Crippen LogP contribution >= 0.6 is 0 Å². The number of carbonyl (C=O) groups is 1. The van der Waals surface area contributed by atoms with Crippen LogP contribution in [0.5, 0.6) is 0 Å². The number of ether oxygens (including phenoxy) is 1. The van der Waals surface area contributed by atoms with E-state index in [-0.39, 0.29) is 5.75 Å². The first-order valence-electron chi connectivity index (χ1n) is 4.59. The van der Waals surface area contributed by atoms with E-state index in [2.05, 4.69) is 9.72 Å². The van der Waals surface area contributed by atoms with Crippen LogP contribution in [0.3, 0.4) is 0 Å². The predicted molar refractivity (Wildman–Crippen MR) is 58.7 cm³/mol. The Balaban J connectivity index is 3.02. The van der Waals surface area contributed by atoms with Crippen LogP contribution in [0.4, 0.5) is 0 Å². The Kier molecular flexibility index (Phi) is 4.00. The molecule has 1 aromatic heterocycles. The number of sulfone groups is 1. The smallest absolute Gasteiger partial charge is 0.314 e. The Morgan fingerprint density at radius 1 is 1.56 bits per heavy atom. The van der Waals surface area contributed by atoms with Gasteiger partial charge in [0.15, 0.2) is 0 Å². The van der Waals surface area contributed by atoms with Gasteiger partial charge in [0.2, 0.25) is 0 Å². The van der Waals surface area contributed by atoms with Gasteiger partial charge < -0.3 is 4.74 Å². The fourth-order valence-electron chi connectivity index (χ4n) is 1.33. The molecule has 0 fully saturated rings. The van der Waals surface area contributed by atoms with Crippen LogP contribution in [0.25, 0.3) is 0 Å². The molecule has 0 radical (unpaired) electrons. The Hall–Kier alpha value is -1.43. The number of pyridine rings is 1. The van der Waals surface area contributed by atoms with Crippen molar-refractivity contribution < 1.29 is 17.9 Å². The number of hydrogen-bond donors (Lipinski definition) is 0. The molecule has 0 spiro atoms. The number of rotatable bonds is 4. The number of aromatic nitrogens is 1. The first-order valence-corrected chi connectivity index (χ1v) is 6.65. The molecule has 0 saturated heterocycles. The van der Waals surface area contributed by atoms with Crippen LogP contribution in [-0.2, 0) is 19.4 Å². The van der Waals surface area contributed by atoms with E-state index in [1.54, 1.807) is 18.3 Å². The van der Waals surface area contributed by atoms with Crippen molar-refractivity contribution in [1.29, 1.82) is 0 Å². The molecule has 88 valence electrons.